The van der Waals surface area contributed by atoms with Gasteiger partial charge in [0.05, 0.1) is 5.56 Å². The fourth-order valence-corrected chi connectivity index (χ4v) is 2.51. The second kappa shape index (κ2) is 6.26. The second-order valence-electron chi connectivity index (χ2n) is 4.63. The molecule has 0 aliphatic rings. The van der Waals surface area contributed by atoms with Crippen LogP contribution in [0.25, 0.3) is 0 Å². The maximum Gasteiger partial charge on any atom is 0.416 e. The highest BCUT2D eigenvalue weighted by atomic mass is 35.5. The Morgan fingerprint density at radius 1 is 1.05 bits per heavy atom. The Kier molecular flexibility index (Phi) is 4.81. The first-order chi connectivity index (χ1) is 9.79. The summed E-state index contributed by atoms with van der Waals surface area (Å²) < 4.78 is 39.0. The first-order valence-corrected chi connectivity index (χ1v) is 6.90. The predicted octanol–water partition coefficient (Wildman–Crippen LogP) is 5.25. The van der Waals surface area contributed by atoms with Crippen molar-refractivity contribution >= 4 is 23.2 Å². The fourth-order valence-electron chi connectivity index (χ4n) is 2.13. The van der Waals surface area contributed by atoms with Gasteiger partial charge in [0, 0.05) is 16.1 Å². The normalized spacial score (nSPS) is 13.2. The average molecular weight is 334 g/mol. The number of hydrogen-bond donors (Lipinski definition) is 1. The van der Waals surface area contributed by atoms with Gasteiger partial charge in [-0.25, -0.2) is 0 Å². The minimum atomic E-state index is -4.44. The molecule has 2 rings (SSSR count). The number of rotatable bonds is 3. The molecule has 0 fully saturated rings. The molecule has 0 aliphatic heterocycles. The number of benzene rings is 2. The third kappa shape index (κ3) is 3.90. The van der Waals surface area contributed by atoms with Crippen molar-refractivity contribution in [3.8, 4) is 0 Å². The summed E-state index contributed by atoms with van der Waals surface area (Å²) in [5.41, 5.74) is 5.88. The molecule has 21 heavy (non-hydrogen) atoms. The van der Waals surface area contributed by atoms with Gasteiger partial charge in [0.1, 0.15) is 0 Å². The van der Waals surface area contributed by atoms with E-state index in [0.29, 0.717) is 15.6 Å². The van der Waals surface area contributed by atoms with Gasteiger partial charge in [0.2, 0.25) is 0 Å². The summed E-state index contributed by atoms with van der Waals surface area (Å²) in [4.78, 5) is 0. The zero-order valence-electron chi connectivity index (χ0n) is 10.8. The molecule has 1 nitrogen and oxygen atoms in total. The SMILES string of the molecule is NC(Cc1cc(Cl)ccc1Cl)c1ccccc1C(F)(F)F. The molecule has 0 radical (unpaired) electrons. The summed E-state index contributed by atoms with van der Waals surface area (Å²) in [5.74, 6) is 0. The van der Waals surface area contributed by atoms with Gasteiger partial charge >= 0.3 is 6.18 Å². The minimum absolute atomic E-state index is 0.0426. The van der Waals surface area contributed by atoms with Crippen molar-refractivity contribution in [2.45, 2.75) is 18.6 Å². The van der Waals surface area contributed by atoms with Crippen LogP contribution < -0.4 is 5.73 Å². The predicted molar refractivity (Wildman–Crippen MR) is 78.5 cm³/mol. The van der Waals surface area contributed by atoms with Crippen LogP contribution in [0, 0.1) is 0 Å². The maximum atomic E-state index is 13.0. The van der Waals surface area contributed by atoms with E-state index in [1.807, 2.05) is 0 Å². The molecule has 1 atom stereocenters. The number of hydrogen-bond acceptors (Lipinski definition) is 1. The molecule has 0 heterocycles. The van der Waals surface area contributed by atoms with Crippen LogP contribution in [-0.4, -0.2) is 0 Å². The van der Waals surface area contributed by atoms with Crippen LogP contribution in [-0.2, 0) is 12.6 Å². The van der Waals surface area contributed by atoms with Gasteiger partial charge in [-0.1, -0.05) is 41.4 Å². The van der Waals surface area contributed by atoms with Gasteiger partial charge in [-0.3, -0.25) is 0 Å². The molecule has 0 saturated heterocycles. The van der Waals surface area contributed by atoms with E-state index in [2.05, 4.69) is 0 Å². The molecule has 0 spiro atoms. The lowest BCUT2D eigenvalue weighted by Crippen LogP contribution is -2.19. The molecular formula is C15H12Cl2F3N. The van der Waals surface area contributed by atoms with Crippen molar-refractivity contribution in [2.24, 2.45) is 5.73 Å². The van der Waals surface area contributed by atoms with Gasteiger partial charge < -0.3 is 5.73 Å². The summed E-state index contributed by atoms with van der Waals surface area (Å²) in [7, 11) is 0. The summed E-state index contributed by atoms with van der Waals surface area (Å²) >= 11 is 11.9. The number of halogens is 5. The van der Waals surface area contributed by atoms with Crippen LogP contribution >= 0.6 is 23.2 Å². The minimum Gasteiger partial charge on any atom is -0.324 e. The van der Waals surface area contributed by atoms with Gasteiger partial charge in [-0.2, -0.15) is 13.2 Å². The van der Waals surface area contributed by atoms with E-state index in [9.17, 15) is 13.2 Å². The van der Waals surface area contributed by atoms with Gasteiger partial charge in [-0.15, -0.1) is 0 Å². The van der Waals surface area contributed by atoms with E-state index in [4.69, 9.17) is 28.9 Å². The first kappa shape index (κ1) is 16.1. The molecule has 0 amide bonds. The van der Waals surface area contributed by atoms with Crippen LogP contribution in [0.4, 0.5) is 13.2 Å². The standard InChI is InChI=1S/C15H12Cl2F3N/c16-10-5-6-13(17)9(7-10)8-14(21)11-3-1-2-4-12(11)15(18,19)20/h1-7,14H,8,21H2. The lowest BCUT2D eigenvalue weighted by Gasteiger charge is -2.19. The molecule has 0 bridgehead atoms. The zero-order chi connectivity index (χ0) is 15.6. The average Bonchev–Trinajstić information content (AvgIpc) is 2.42. The third-order valence-corrected chi connectivity index (χ3v) is 3.72. The smallest absolute Gasteiger partial charge is 0.324 e. The largest absolute Gasteiger partial charge is 0.416 e. The summed E-state index contributed by atoms with van der Waals surface area (Å²) in [6.45, 7) is 0. The Balaban J connectivity index is 2.33. The molecule has 2 aromatic rings. The summed E-state index contributed by atoms with van der Waals surface area (Å²) in [6, 6.07) is 9.28. The van der Waals surface area contributed by atoms with Crippen LogP contribution in [0.5, 0.6) is 0 Å². The van der Waals surface area contributed by atoms with Crippen molar-refractivity contribution < 1.29 is 13.2 Å². The first-order valence-electron chi connectivity index (χ1n) is 6.14. The molecule has 0 aromatic heterocycles. The number of nitrogens with two attached hydrogens (primary N) is 1. The lowest BCUT2D eigenvalue weighted by molar-refractivity contribution is -0.138. The van der Waals surface area contributed by atoms with E-state index in [-0.39, 0.29) is 12.0 Å². The van der Waals surface area contributed by atoms with Gasteiger partial charge in [-0.05, 0) is 41.8 Å². The highest BCUT2D eigenvalue weighted by Crippen LogP contribution is 2.35. The zero-order valence-corrected chi connectivity index (χ0v) is 12.3. The molecule has 1 unspecified atom stereocenters. The van der Waals surface area contributed by atoms with E-state index in [1.165, 1.54) is 18.2 Å². The highest BCUT2D eigenvalue weighted by Gasteiger charge is 2.34. The molecule has 2 N–H and O–H groups in total. The van der Waals surface area contributed by atoms with Crippen LogP contribution in [0.3, 0.4) is 0 Å². The van der Waals surface area contributed by atoms with Crippen molar-refractivity contribution in [3.05, 3.63) is 69.2 Å². The van der Waals surface area contributed by atoms with Gasteiger partial charge in [0.15, 0.2) is 0 Å². The van der Waals surface area contributed by atoms with E-state index >= 15 is 0 Å². The topological polar surface area (TPSA) is 26.0 Å². The molecule has 0 aliphatic carbocycles. The second-order valence-corrected chi connectivity index (χ2v) is 5.47. The Hall–Kier alpha value is -1.23. The molecular weight excluding hydrogens is 322 g/mol. The highest BCUT2D eigenvalue weighted by molar-refractivity contribution is 6.33. The quantitative estimate of drug-likeness (QED) is 0.815. The van der Waals surface area contributed by atoms with Crippen molar-refractivity contribution in [1.82, 2.24) is 0 Å². The van der Waals surface area contributed by atoms with Crippen LogP contribution in [0.2, 0.25) is 10.0 Å². The summed E-state index contributed by atoms with van der Waals surface area (Å²) in [5, 5.41) is 0.894. The molecule has 112 valence electrons. The van der Waals surface area contributed by atoms with Crippen molar-refractivity contribution in [1.29, 1.82) is 0 Å². The summed E-state index contributed by atoms with van der Waals surface area (Å²) in [6.07, 6.45) is -4.27. The van der Waals surface area contributed by atoms with E-state index in [1.54, 1.807) is 18.2 Å². The van der Waals surface area contributed by atoms with E-state index in [0.717, 1.165) is 6.07 Å². The Morgan fingerprint density at radius 3 is 2.38 bits per heavy atom. The molecule has 6 heteroatoms. The number of alkyl halides is 3. The van der Waals surface area contributed by atoms with Crippen molar-refractivity contribution in [2.75, 3.05) is 0 Å². The molecule has 0 saturated carbocycles. The monoisotopic (exact) mass is 333 g/mol. The molecule has 2 aromatic carbocycles. The third-order valence-electron chi connectivity index (χ3n) is 3.11. The van der Waals surface area contributed by atoms with Crippen molar-refractivity contribution in [3.63, 3.8) is 0 Å². The van der Waals surface area contributed by atoms with Crippen LogP contribution in [0.15, 0.2) is 42.5 Å². The maximum absolute atomic E-state index is 13.0. The Bertz CT molecular complexity index is 641. The van der Waals surface area contributed by atoms with Crippen LogP contribution in [0.1, 0.15) is 22.7 Å². The van der Waals surface area contributed by atoms with Gasteiger partial charge in [0.25, 0.3) is 0 Å². The Morgan fingerprint density at radius 2 is 1.71 bits per heavy atom. The van der Waals surface area contributed by atoms with E-state index < -0.39 is 17.8 Å². The fraction of sp³-hybridized carbons (Fsp3) is 0.200. The Labute approximate surface area is 130 Å². The lowest BCUT2D eigenvalue weighted by atomic mass is 9.95.